The zero-order valence-electron chi connectivity index (χ0n) is 8.68. The molecule has 0 radical (unpaired) electrons. The number of rotatable bonds is 2. The number of carbonyl (C=O) groups excluding carboxylic acids is 1. The zero-order valence-corrected chi connectivity index (χ0v) is 8.68. The van der Waals surface area contributed by atoms with Gasteiger partial charge in [0, 0.05) is 5.41 Å². The first-order valence-corrected chi connectivity index (χ1v) is 4.97. The van der Waals surface area contributed by atoms with Crippen LogP contribution in [0.3, 0.4) is 0 Å². The molecule has 1 saturated carbocycles. The number of hydrogen-bond donors (Lipinski definition) is 0. The number of hydrogen-bond acceptors (Lipinski definition) is 1. The van der Waals surface area contributed by atoms with E-state index in [0.29, 0.717) is 5.78 Å². The normalized spacial score (nSPS) is 35.9. The van der Waals surface area contributed by atoms with Crippen molar-refractivity contribution in [2.75, 3.05) is 0 Å². The highest BCUT2D eigenvalue weighted by atomic mass is 16.1. The fraction of sp³-hybridized carbons (Fsp3) is 0.909. The minimum atomic E-state index is 0.00887. The van der Waals surface area contributed by atoms with Gasteiger partial charge in [0.2, 0.25) is 0 Å². The van der Waals surface area contributed by atoms with Gasteiger partial charge in [-0.3, -0.25) is 4.79 Å². The summed E-state index contributed by atoms with van der Waals surface area (Å²) in [6.07, 6.45) is 3.46. The van der Waals surface area contributed by atoms with E-state index in [9.17, 15) is 4.79 Å². The Morgan fingerprint density at radius 2 is 2.08 bits per heavy atom. The van der Waals surface area contributed by atoms with Gasteiger partial charge in [-0.15, -0.1) is 0 Å². The average Bonchev–Trinajstić information content (AvgIpc) is 2.33. The van der Waals surface area contributed by atoms with E-state index in [0.717, 1.165) is 24.7 Å². The van der Waals surface area contributed by atoms with Gasteiger partial charge >= 0.3 is 0 Å². The van der Waals surface area contributed by atoms with Crippen LogP contribution in [-0.2, 0) is 4.79 Å². The molecule has 0 bridgehead atoms. The third kappa shape index (κ3) is 1.70. The van der Waals surface area contributed by atoms with Crippen molar-refractivity contribution >= 4 is 5.78 Å². The van der Waals surface area contributed by atoms with Gasteiger partial charge in [0.25, 0.3) is 0 Å². The fourth-order valence-electron chi connectivity index (χ4n) is 2.18. The van der Waals surface area contributed by atoms with Crippen LogP contribution >= 0.6 is 0 Å². The maximum Gasteiger partial charge on any atom is 0.135 e. The Kier molecular flexibility index (Phi) is 2.60. The molecule has 0 amide bonds. The number of ketones is 1. The van der Waals surface area contributed by atoms with Crippen LogP contribution in [0, 0.1) is 17.3 Å². The predicted octanol–water partition coefficient (Wildman–Crippen LogP) is 3.04. The molecule has 1 heteroatoms. The standard InChI is InChI=1S/C11H20O/c1-8(2)10-5-6-11(4,7-10)9(3)12/h8,10H,5-7H2,1-4H3/t10-,11+/m1/s1. The summed E-state index contributed by atoms with van der Waals surface area (Å²) in [7, 11) is 0. The van der Waals surface area contributed by atoms with Gasteiger partial charge in [-0.2, -0.15) is 0 Å². The zero-order chi connectivity index (χ0) is 9.35. The van der Waals surface area contributed by atoms with Gasteiger partial charge in [0.05, 0.1) is 0 Å². The first-order valence-electron chi connectivity index (χ1n) is 4.97. The van der Waals surface area contributed by atoms with Gasteiger partial charge in [-0.1, -0.05) is 20.8 Å². The van der Waals surface area contributed by atoms with Crippen LogP contribution in [0.5, 0.6) is 0 Å². The van der Waals surface area contributed by atoms with Gasteiger partial charge in [0.1, 0.15) is 5.78 Å². The Hall–Kier alpha value is -0.330. The first-order chi connectivity index (χ1) is 5.46. The predicted molar refractivity (Wildman–Crippen MR) is 51.0 cm³/mol. The molecule has 1 rings (SSSR count). The third-order valence-electron chi connectivity index (χ3n) is 3.57. The van der Waals surface area contributed by atoms with E-state index in [-0.39, 0.29) is 5.41 Å². The largest absolute Gasteiger partial charge is 0.299 e. The van der Waals surface area contributed by atoms with Crippen LogP contribution in [0.4, 0.5) is 0 Å². The summed E-state index contributed by atoms with van der Waals surface area (Å²) >= 11 is 0. The summed E-state index contributed by atoms with van der Waals surface area (Å²) in [5.74, 6) is 1.90. The van der Waals surface area contributed by atoms with Crippen molar-refractivity contribution in [1.82, 2.24) is 0 Å². The minimum Gasteiger partial charge on any atom is -0.299 e. The number of carbonyl (C=O) groups is 1. The second-order valence-corrected chi connectivity index (χ2v) is 4.86. The lowest BCUT2D eigenvalue weighted by Gasteiger charge is -2.21. The summed E-state index contributed by atoms with van der Waals surface area (Å²) in [5.41, 5.74) is 0.00887. The van der Waals surface area contributed by atoms with Crippen LogP contribution < -0.4 is 0 Å². The van der Waals surface area contributed by atoms with E-state index in [4.69, 9.17) is 0 Å². The number of Topliss-reactive ketones (excluding diaryl/α,β-unsaturated/α-hetero) is 1. The average molecular weight is 168 g/mol. The highest BCUT2D eigenvalue weighted by Gasteiger charge is 2.39. The molecule has 0 saturated heterocycles. The highest BCUT2D eigenvalue weighted by molar-refractivity contribution is 5.82. The molecule has 0 aliphatic heterocycles. The molecule has 0 aromatic carbocycles. The van der Waals surface area contributed by atoms with Crippen LogP contribution in [0.25, 0.3) is 0 Å². The van der Waals surface area contributed by atoms with Crippen molar-refractivity contribution in [2.24, 2.45) is 17.3 Å². The lowest BCUT2D eigenvalue weighted by atomic mass is 9.82. The molecule has 1 fully saturated rings. The monoisotopic (exact) mass is 168 g/mol. The van der Waals surface area contributed by atoms with Gasteiger partial charge in [-0.05, 0) is 38.0 Å². The third-order valence-corrected chi connectivity index (χ3v) is 3.57. The molecule has 0 aromatic heterocycles. The summed E-state index contributed by atoms with van der Waals surface area (Å²) in [5, 5.41) is 0. The fourth-order valence-corrected chi connectivity index (χ4v) is 2.18. The molecule has 0 N–H and O–H groups in total. The summed E-state index contributed by atoms with van der Waals surface area (Å²) < 4.78 is 0. The Morgan fingerprint density at radius 1 is 1.50 bits per heavy atom. The Labute approximate surface area is 75.5 Å². The quantitative estimate of drug-likeness (QED) is 0.619. The maximum atomic E-state index is 11.3. The van der Waals surface area contributed by atoms with Crippen molar-refractivity contribution in [3.05, 3.63) is 0 Å². The SMILES string of the molecule is CC(=O)[C@@]1(C)CC[C@@H](C(C)C)C1. The molecule has 0 unspecified atom stereocenters. The van der Waals surface area contributed by atoms with Gasteiger partial charge in [-0.25, -0.2) is 0 Å². The van der Waals surface area contributed by atoms with E-state index in [1.165, 1.54) is 6.42 Å². The molecular formula is C11H20O. The molecule has 70 valence electrons. The van der Waals surface area contributed by atoms with Gasteiger partial charge < -0.3 is 0 Å². The minimum absolute atomic E-state index is 0.00887. The molecule has 0 spiro atoms. The van der Waals surface area contributed by atoms with E-state index < -0.39 is 0 Å². The molecular weight excluding hydrogens is 148 g/mol. The van der Waals surface area contributed by atoms with Crippen LogP contribution in [0.2, 0.25) is 0 Å². The van der Waals surface area contributed by atoms with Crippen molar-refractivity contribution in [2.45, 2.75) is 47.0 Å². The first kappa shape index (κ1) is 9.76. The molecule has 0 aromatic rings. The van der Waals surface area contributed by atoms with Crippen LogP contribution in [-0.4, -0.2) is 5.78 Å². The Bertz CT molecular complexity index is 183. The maximum absolute atomic E-state index is 11.3. The Morgan fingerprint density at radius 3 is 2.33 bits per heavy atom. The van der Waals surface area contributed by atoms with Crippen LogP contribution in [0.1, 0.15) is 47.0 Å². The summed E-state index contributed by atoms with van der Waals surface area (Å²) in [6, 6.07) is 0. The summed E-state index contributed by atoms with van der Waals surface area (Å²) in [4.78, 5) is 11.3. The molecule has 12 heavy (non-hydrogen) atoms. The van der Waals surface area contributed by atoms with E-state index in [1.54, 1.807) is 6.92 Å². The van der Waals surface area contributed by atoms with Gasteiger partial charge in [0.15, 0.2) is 0 Å². The summed E-state index contributed by atoms with van der Waals surface area (Å²) in [6.45, 7) is 8.38. The molecule has 1 aliphatic rings. The van der Waals surface area contributed by atoms with Crippen LogP contribution in [0.15, 0.2) is 0 Å². The Balaban J connectivity index is 2.61. The molecule has 1 aliphatic carbocycles. The lowest BCUT2D eigenvalue weighted by Crippen LogP contribution is -2.22. The second-order valence-electron chi connectivity index (χ2n) is 4.86. The van der Waals surface area contributed by atoms with E-state index >= 15 is 0 Å². The van der Waals surface area contributed by atoms with Crippen molar-refractivity contribution in [3.63, 3.8) is 0 Å². The van der Waals surface area contributed by atoms with E-state index in [2.05, 4.69) is 20.8 Å². The molecule has 2 atom stereocenters. The lowest BCUT2D eigenvalue weighted by molar-refractivity contribution is -0.125. The van der Waals surface area contributed by atoms with Crippen molar-refractivity contribution in [3.8, 4) is 0 Å². The van der Waals surface area contributed by atoms with Crippen molar-refractivity contribution in [1.29, 1.82) is 0 Å². The van der Waals surface area contributed by atoms with E-state index in [1.807, 2.05) is 0 Å². The van der Waals surface area contributed by atoms with Crippen molar-refractivity contribution < 1.29 is 4.79 Å². The molecule has 0 heterocycles. The topological polar surface area (TPSA) is 17.1 Å². The smallest absolute Gasteiger partial charge is 0.135 e. The second kappa shape index (κ2) is 3.20. The molecule has 1 nitrogen and oxygen atoms in total. The highest BCUT2D eigenvalue weighted by Crippen LogP contribution is 2.44.